The normalized spacial score (nSPS) is 22.1. The monoisotopic (exact) mass is 294 g/mol. The van der Waals surface area contributed by atoms with E-state index in [2.05, 4.69) is 29.0 Å². The summed E-state index contributed by atoms with van der Waals surface area (Å²) in [5.41, 5.74) is 1.06. The fraction of sp³-hybridized carbons (Fsp3) is 0.733. The van der Waals surface area contributed by atoms with Crippen molar-refractivity contribution in [1.29, 1.82) is 0 Å². The molecule has 0 aromatic carbocycles. The molecule has 6 heteroatoms. The molecule has 0 saturated carbocycles. The van der Waals surface area contributed by atoms with E-state index in [9.17, 15) is 0 Å². The molecule has 1 fully saturated rings. The number of aromatic nitrogens is 2. The number of rotatable bonds is 5. The summed E-state index contributed by atoms with van der Waals surface area (Å²) in [6, 6.07) is 0. The summed E-state index contributed by atoms with van der Waals surface area (Å²) < 4.78 is 11.0. The van der Waals surface area contributed by atoms with Crippen molar-refractivity contribution in [2.24, 2.45) is 0 Å². The van der Waals surface area contributed by atoms with Crippen LogP contribution in [0.25, 0.3) is 0 Å². The van der Waals surface area contributed by atoms with Gasteiger partial charge in [-0.05, 0) is 6.92 Å². The maximum Gasteiger partial charge on any atom is 0.137 e. The highest BCUT2D eigenvalue weighted by Gasteiger charge is 2.35. The SMILES string of the molecule is CNc1nc(C(C)C)nc(N2CC(OC)C(OC)C2)c1C. The average Bonchev–Trinajstić information content (AvgIpc) is 2.90. The van der Waals surface area contributed by atoms with E-state index in [1.807, 2.05) is 14.0 Å². The summed E-state index contributed by atoms with van der Waals surface area (Å²) in [5.74, 6) is 3.00. The molecule has 1 aliphatic rings. The summed E-state index contributed by atoms with van der Waals surface area (Å²) in [5, 5.41) is 3.16. The van der Waals surface area contributed by atoms with E-state index in [4.69, 9.17) is 14.5 Å². The van der Waals surface area contributed by atoms with Crippen LogP contribution in [-0.2, 0) is 9.47 Å². The van der Waals surface area contributed by atoms with Crippen LogP contribution in [-0.4, -0.2) is 56.5 Å². The largest absolute Gasteiger partial charge is 0.377 e. The first-order chi connectivity index (χ1) is 10.0. The van der Waals surface area contributed by atoms with Crippen LogP contribution in [0.5, 0.6) is 0 Å². The maximum atomic E-state index is 5.51. The van der Waals surface area contributed by atoms with E-state index in [-0.39, 0.29) is 18.1 Å². The molecule has 1 aliphatic heterocycles. The molecule has 6 nitrogen and oxygen atoms in total. The van der Waals surface area contributed by atoms with Gasteiger partial charge in [0.2, 0.25) is 0 Å². The van der Waals surface area contributed by atoms with Crippen molar-refractivity contribution in [1.82, 2.24) is 9.97 Å². The molecule has 1 N–H and O–H groups in total. The van der Waals surface area contributed by atoms with Gasteiger partial charge in [0.15, 0.2) is 0 Å². The topological polar surface area (TPSA) is 59.5 Å². The zero-order valence-electron chi connectivity index (χ0n) is 13.8. The minimum absolute atomic E-state index is 0.0740. The zero-order valence-corrected chi connectivity index (χ0v) is 13.8. The van der Waals surface area contributed by atoms with Gasteiger partial charge in [-0.2, -0.15) is 0 Å². The van der Waals surface area contributed by atoms with Crippen molar-refractivity contribution >= 4 is 11.6 Å². The van der Waals surface area contributed by atoms with Crippen molar-refractivity contribution < 1.29 is 9.47 Å². The van der Waals surface area contributed by atoms with Crippen LogP contribution in [0.2, 0.25) is 0 Å². The minimum atomic E-state index is 0.0740. The molecule has 2 unspecified atom stereocenters. The summed E-state index contributed by atoms with van der Waals surface area (Å²) in [6.45, 7) is 7.83. The molecular weight excluding hydrogens is 268 g/mol. The Morgan fingerprint density at radius 2 is 1.71 bits per heavy atom. The molecule has 0 bridgehead atoms. The molecular formula is C15H26N4O2. The van der Waals surface area contributed by atoms with E-state index < -0.39 is 0 Å². The highest BCUT2D eigenvalue weighted by molar-refractivity contribution is 5.59. The van der Waals surface area contributed by atoms with Gasteiger partial charge in [-0.3, -0.25) is 0 Å². The second-order valence-corrected chi connectivity index (χ2v) is 5.74. The number of methoxy groups -OCH3 is 2. The Labute approximate surface area is 126 Å². The standard InChI is InChI=1S/C15H26N4O2/c1-9(2)13-17-14(16-4)10(3)15(18-13)19-7-11(20-5)12(8-19)21-6/h9,11-12H,7-8H2,1-6H3,(H,16,17,18). The number of hydrogen-bond donors (Lipinski definition) is 1. The summed E-state index contributed by atoms with van der Waals surface area (Å²) in [7, 11) is 5.35. The van der Waals surface area contributed by atoms with Gasteiger partial charge in [0.1, 0.15) is 29.7 Å². The van der Waals surface area contributed by atoms with E-state index in [0.29, 0.717) is 0 Å². The van der Waals surface area contributed by atoms with Gasteiger partial charge in [-0.25, -0.2) is 9.97 Å². The van der Waals surface area contributed by atoms with Gasteiger partial charge in [0.05, 0.1) is 0 Å². The van der Waals surface area contributed by atoms with Gasteiger partial charge in [-0.1, -0.05) is 13.8 Å². The summed E-state index contributed by atoms with van der Waals surface area (Å²) in [6.07, 6.45) is 0.148. The Hall–Kier alpha value is -1.40. The molecule has 118 valence electrons. The summed E-state index contributed by atoms with van der Waals surface area (Å²) in [4.78, 5) is 11.6. The first-order valence-electron chi connectivity index (χ1n) is 7.38. The van der Waals surface area contributed by atoms with Crippen molar-refractivity contribution in [3.63, 3.8) is 0 Å². The van der Waals surface area contributed by atoms with Gasteiger partial charge in [-0.15, -0.1) is 0 Å². The lowest BCUT2D eigenvalue weighted by Gasteiger charge is -2.22. The molecule has 1 saturated heterocycles. The third-order valence-corrected chi connectivity index (χ3v) is 4.01. The lowest BCUT2D eigenvalue weighted by atomic mass is 10.2. The second kappa shape index (κ2) is 6.58. The molecule has 0 amide bonds. The van der Waals surface area contributed by atoms with Crippen molar-refractivity contribution in [2.75, 3.05) is 44.6 Å². The molecule has 0 spiro atoms. The Bertz CT molecular complexity index is 481. The van der Waals surface area contributed by atoms with Gasteiger partial charge in [0.25, 0.3) is 0 Å². The van der Waals surface area contributed by atoms with Crippen molar-refractivity contribution in [2.45, 2.75) is 38.9 Å². The lowest BCUT2D eigenvalue weighted by Crippen LogP contribution is -2.27. The van der Waals surface area contributed by atoms with E-state index in [1.165, 1.54) is 0 Å². The van der Waals surface area contributed by atoms with Crippen LogP contribution in [0.4, 0.5) is 11.6 Å². The Morgan fingerprint density at radius 3 is 2.14 bits per heavy atom. The van der Waals surface area contributed by atoms with E-state index in [1.54, 1.807) is 14.2 Å². The van der Waals surface area contributed by atoms with Crippen LogP contribution in [0.1, 0.15) is 31.2 Å². The van der Waals surface area contributed by atoms with E-state index in [0.717, 1.165) is 36.1 Å². The van der Waals surface area contributed by atoms with Crippen LogP contribution < -0.4 is 10.2 Å². The average molecular weight is 294 g/mol. The molecule has 2 rings (SSSR count). The predicted molar refractivity (Wildman–Crippen MR) is 84.2 cm³/mol. The van der Waals surface area contributed by atoms with E-state index >= 15 is 0 Å². The van der Waals surface area contributed by atoms with Crippen LogP contribution in [0.3, 0.4) is 0 Å². The van der Waals surface area contributed by atoms with Crippen LogP contribution in [0, 0.1) is 6.92 Å². The zero-order chi connectivity index (χ0) is 15.6. The first-order valence-corrected chi connectivity index (χ1v) is 7.38. The molecule has 0 radical (unpaired) electrons. The predicted octanol–water partition coefficient (Wildman–Crippen LogP) is 1.80. The number of hydrogen-bond acceptors (Lipinski definition) is 6. The Balaban J connectivity index is 2.37. The van der Waals surface area contributed by atoms with Crippen molar-refractivity contribution in [3.8, 4) is 0 Å². The molecule has 21 heavy (non-hydrogen) atoms. The number of anilines is 2. The van der Waals surface area contributed by atoms with Crippen LogP contribution in [0.15, 0.2) is 0 Å². The molecule has 0 aliphatic carbocycles. The minimum Gasteiger partial charge on any atom is -0.377 e. The fourth-order valence-corrected chi connectivity index (χ4v) is 2.70. The summed E-state index contributed by atoms with van der Waals surface area (Å²) >= 11 is 0. The number of ether oxygens (including phenoxy) is 2. The van der Waals surface area contributed by atoms with Gasteiger partial charge >= 0.3 is 0 Å². The van der Waals surface area contributed by atoms with Gasteiger partial charge < -0.3 is 19.7 Å². The van der Waals surface area contributed by atoms with Crippen LogP contribution >= 0.6 is 0 Å². The third kappa shape index (κ3) is 3.11. The number of nitrogens with one attached hydrogen (secondary N) is 1. The number of nitrogens with zero attached hydrogens (tertiary/aromatic N) is 3. The molecule has 2 atom stereocenters. The lowest BCUT2D eigenvalue weighted by molar-refractivity contribution is -0.00461. The highest BCUT2D eigenvalue weighted by Crippen LogP contribution is 2.29. The Kier molecular flexibility index (Phi) is 5.00. The quantitative estimate of drug-likeness (QED) is 0.893. The van der Waals surface area contributed by atoms with Crippen molar-refractivity contribution in [3.05, 3.63) is 11.4 Å². The second-order valence-electron chi connectivity index (χ2n) is 5.74. The molecule has 2 heterocycles. The van der Waals surface area contributed by atoms with Gasteiger partial charge in [0, 0.05) is 45.8 Å². The first kappa shape index (κ1) is 16.0. The highest BCUT2D eigenvalue weighted by atomic mass is 16.5. The smallest absolute Gasteiger partial charge is 0.137 e. The third-order valence-electron chi connectivity index (χ3n) is 4.01. The molecule has 1 aromatic rings. The molecule has 1 aromatic heterocycles. The Morgan fingerprint density at radius 1 is 1.14 bits per heavy atom. The fourth-order valence-electron chi connectivity index (χ4n) is 2.70. The maximum absolute atomic E-state index is 5.51.